The number of primary amides is 1. The average molecular weight is 276 g/mol. The number of rotatable bonds is 4. The summed E-state index contributed by atoms with van der Waals surface area (Å²) < 4.78 is 0. The standard InChI is InChI=1S/C14H20N4O2/c1-10-4-2-3-5-11(10)17-13(19)9-18-7-6-16-8-12(18)14(15)20/h2-5,12,16H,6-9H2,1H3,(H2,15,20)(H,17,19). The van der Waals surface area contributed by atoms with E-state index in [4.69, 9.17) is 5.73 Å². The van der Waals surface area contributed by atoms with Crippen molar-refractivity contribution < 1.29 is 9.59 Å². The molecule has 1 saturated heterocycles. The molecule has 0 spiro atoms. The first-order chi connectivity index (χ1) is 9.58. The molecule has 0 aromatic heterocycles. The minimum absolute atomic E-state index is 0.132. The number of aryl methyl sites for hydroxylation is 1. The molecule has 0 aliphatic carbocycles. The number of anilines is 1. The Labute approximate surface area is 118 Å². The summed E-state index contributed by atoms with van der Waals surface area (Å²) in [7, 11) is 0. The molecule has 1 unspecified atom stereocenters. The van der Waals surface area contributed by atoms with Crippen molar-refractivity contribution in [2.75, 3.05) is 31.5 Å². The van der Waals surface area contributed by atoms with Crippen molar-refractivity contribution in [3.8, 4) is 0 Å². The van der Waals surface area contributed by atoms with Gasteiger partial charge < -0.3 is 16.4 Å². The van der Waals surface area contributed by atoms with Gasteiger partial charge in [-0.25, -0.2) is 0 Å². The molecule has 6 nitrogen and oxygen atoms in total. The van der Waals surface area contributed by atoms with Gasteiger partial charge in [0, 0.05) is 25.3 Å². The molecule has 4 N–H and O–H groups in total. The van der Waals surface area contributed by atoms with E-state index in [1.54, 1.807) is 0 Å². The van der Waals surface area contributed by atoms with Gasteiger partial charge in [-0.1, -0.05) is 18.2 Å². The van der Waals surface area contributed by atoms with E-state index >= 15 is 0 Å². The van der Waals surface area contributed by atoms with Crippen molar-refractivity contribution in [3.05, 3.63) is 29.8 Å². The molecular formula is C14H20N4O2. The van der Waals surface area contributed by atoms with Gasteiger partial charge in [-0.15, -0.1) is 0 Å². The summed E-state index contributed by atoms with van der Waals surface area (Å²) in [5.41, 5.74) is 7.16. The Morgan fingerprint density at radius 3 is 2.90 bits per heavy atom. The largest absolute Gasteiger partial charge is 0.368 e. The van der Waals surface area contributed by atoms with Gasteiger partial charge in [0.2, 0.25) is 11.8 Å². The van der Waals surface area contributed by atoms with Crippen molar-refractivity contribution in [1.82, 2.24) is 10.2 Å². The van der Waals surface area contributed by atoms with E-state index in [0.29, 0.717) is 13.1 Å². The van der Waals surface area contributed by atoms with E-state index in [-0.39, 0.29) is 12.5 Å². The molecule has 2 rings (SSSR count). The second-order valence-corrected chi connectivity index (χ2v) is 4.96. The second kappa shape index (κ2) is 6.49. The molecule has 0 saturated carbocycles. The minimum atomic E-state index is -0.425. The summed E-state index contributed by atoms with van der Waals surface area (Å²) in [6, 6.07) is 7.17. The van der Waals surface area contributed by atoms with Gasteiger partial charge in [0.15, 0.2) is 0 Å². The van der Waals surface area contributed by atoms with Crippen LogP contribution in [0.1, 0.15) is 5.56 Å². The van der Waals surface area contributed by atoms with E-state index in [9.17, 15) is 9.59 Å². The van der Waals surface area contributed by atoms with Crippen molar-refractivity contribution in [1.29, 1.82) is 0 Å². The Bertz CT molecular complexity index is 504. The van der Waals surface area contributed by atoms with Crippen molar-refractivity contribution in [2.45, 2.75) is 13.0 Å². The molecule has 0 radical (unpaired) electrons. The molecule has 0 bridgehead atoms. The number of amides is 2. The highest BCUT2D eigenvalue weighted by atomic mass is 16.2. The number of nitrogens with zero attached hydrogens (tertiary/aromatic N) is 1. The summed E-state index contributed by atoms with van der Waals surface area (Å²) in [6.07, 6.45) is 0. The fourth-order valence-electron chi connectivity index (χ4n) is 2.30. The third-order valence-corrected chi connectivity index (χ3v) is 3.45. The van der Waals surface area contributed by atoms with Crippen LogP contribution in [0, 0.1) is 6.92 Å². The summed E-state index contributed by atoms with van der Waals surface area (Å²) in [6.45, 7) is 3.99. The van der Waals surface area contributed by atoms with E-state index in [2.05, 4.69) is 10.6 Å². The van der Waals surface area contributed by atoms with E-state index in [1.165, 1.54) is 0 Å². The third-order valence-electron chi connectivity index (χ3n) is 3.45. The maximum absolute atomic E-state index is 12.1. The SMILES string of the molecule is Cc1ccccc1NC(=O)CN1CCNCC1C(N)=O. The number of nitrogens with one attached hydrogen (secondary N) is 2. The predicted molar refractivity (Wildman–Crippen MR) is 77.2 cm³/mol. The van der Waals surface area contributed by atoms with Crippen LogP contribution in [-0.2, 0) is 9.59 Å². The molecule has 1 fully saturated rings. The zero-order chi connectivity index (χ0) is 14.5. The molecule has 2 amide bonds. The number of benzene rings is 1. The molecule has 1 aliphatic heterocycles. The fraction of sp³-hybridized carbons (Fsp3) is 0.429. The van der Waals surface area contributed by atoms with Crippen LogP contribution in [0.2, 0.25) is 0 Å². The Morgan fingerprint density at radius 1 is 1.45 bits per heavy atom. The van der Waals surface area contributed by atoms with Crippen LogP contribution in [0.5, 0.6) is 0 Å². The average Bonchev–Trinajstić information content (AvgIpc) is 2.41. The smallest absolute Gasteiger partial charge is 0.238 e. The zero-order valence-electron chi connectivity index (χ0n) is 11.6. The maximum atomic E-state index is 12.1. The van der Waals surface area contributed by atoms with Gasteiger partial charge >= 0.3 is 0 Å². The maximum Gasteiger partial charge on any atom is 0.238 e. The molecule has 108 valence electrons. The lowest BCUT2D eigenvalue weighted by molar-refractivity contribution is -0.125. The number of carbonyl (C=O) groups excluding carboxylic acids is 2. The Hall–Kier alpha value is -1.92. The molecular weight excluding hydrogens is 256 g/mol. The van der Waals surface area contributed by atoms with Gasteiger partial charge in [-0.05, 0) is 18.6 Å². The van der Waals surface area contributed by atoms with Crippen LogP contribution < -0.4 is 16.4 Å². The number of hydrogen-bond donors (Lipinski definition) is 3. The number of piperazine rings is 1. The molecule has 20 heavy (non-hydrogen) atoms. The number of carbonyl (C=O) groups is 2. The summed E-state index contributed by atoms with van der Waals surface area (Å²) in [4.78, 5) is 25.3. The van der Waals surface area contributed by atoms with Gasteiger partial charge in [-0.3, -0.25) is 14.5 Å². The van der Waals surface area contributed by atoms with E-state index in [0.717, 1.165) is 17.8 Å². The van der Waals surface area contributed by atoms with Crippen LogP contribution in [-0.4, -0.2) is 48.9 Å². The highest BCUT2D eigenvalue weighted by Gasteiger charge is 2.28. The number of nitrogens with two attached hydrogens (primary N) is 1. The van der Waals surface area contributed by atoms with E-state index < -0.39 is 11.9 Å². The first kappa shape index (κ1) is 14.5. The van der Waals surface area contributed by atoms with Crippen LogP contribution in [0.15, 0.2) is 24.3 Å². The van der Waals surface area contributed by atoms with Crippen LogP contribution in [0.3, 0.4) is 0 Å². The zero-order valence-corrected chi connectivity index (χ0v) is 11.6. The van der Waals surface area contributed by atoms with Crippen LogP contribution >= 0.6 is 0 Å². The second-order valence-electron chi connectivity index (χ2n) is 4.96. The van der Waals surface area contributed by atoms with Crippen LogP contribution in [0.25, 0.3) is 0 Å². The van der Waals surface area contributed by atoms with E-state index in [1.807, 2.05) is 36.1 Å². The first-order valence-corrected chi connectivity index (χ1v) is 6.67. The summed E-state index contributed by atoms with van der Waals surface area (Å²) in [5, 5.41) is 5.97. The van der Waals surface area contributed by atoms with Gasteiger partial charge in [0.05, 0.1) is 6.54 Å². The number of para-hydroxylation sites is 1. The lowest BCUT2D eigenvalue weighted by Gasteiger charge is -2.33. The Morgan fingerprint density at radius 2 is 2.20 bits per heavy atom. The lowest BCUT2D eigenvalue weighted by Crippen LogP contribution is -2.58. The monoisotopic (exact) mass is 276 g/mol. The molecule has 1 aromatic rings. The van der Waals surface area contributed by atoms with Gasteiger partial charge in [0.1, 0.15) is 6.04 Å². The van der Waals surface area contributed by atoms with Gasteiger partial charge in [-0.2, -0.15) is 0 Å². The quantitative estimate of drug-likeness (QED) is 0.704. The lowest BCUT2D eigenvalue weighted by atomic mass is 10.1. The topological polar surface area (TPSA) is 87.5 Å². The number of hydrogen-bond acceptors (Lipinski definition) is 4. The predicted octanol–water partition coefficient (Wildman–Crippen LogP) is -0.307. The molecule has 1 aliphatic rings. The van der Waals surface area contributed by atoms with Crippen LogP contribution in [0.4, 0.5) is 5.69 Å². The summed E-state index contributed by atoms with van der Waals surface area (Å²) >= 11 is 0. The first-order valence-electron chi connectivity index (χ1n) is 6.67. The molecule has 1 atom stereocenters. The molecule has 1 heterocycles. The Balaban J connectivity index is 1.96. The fourth-order valence-corrected chi connectivity index (χ4v) is 2.30. The molecule has 6 heteroatoms. The highest BCUT2D eigenvalue weighted by molar-refractivity contribution is 5.93. The molecule has 1 aromatic carbocycles. The van der Waals surface area contributed by atoms with Gasteiger partial charge in [0.25, 0.3) is 0 Å². The minimum Gasteiger partial charge on any atom is -0.368 e. The van der Waals surface area contributed by atoms with Crippen molar-refractivity contribution in [3.63, 3.8) is 0 Å². The normalized spacial score (nSPS) is 19.6. The van der Waals surface area contributed by atoms with Crippen molar-refractivity contribution >= 4 is 17.5 Å². The third kappa shape index (κ3) is 3.55. The summed E-state index contributed by atoms with van der Waals surface area (Å²) in [5.74, 6) is -0.534. The Kier molecular flexibility index (Phi) is 4.70. The van der Waals surface area contributed by atoms with Crippen molar-refractivity contribution in [2.24, 2.45) is 5.73 Å². The highest BCUT2D eigenvalue weighted by Crippen LogP contribution is 2.13.